The zero-order chi connectivity index (χ0) is 24.1. The summed E-state index contributed by atoms with van der Waals surface area (Å²) >= 11 is 0. The number of benzene rings is 1. The molecule has 12 heteroatoms. The third-order valence-electron chi connectivity index (χ3n) is 6.50. The van der Waals surface area contributed by atoms with Crippen molar-refractivity contribution in [1.82, 2.24) is 34.0 Å². The van der Waals surface area contributed by atoms with Crippen molar-refractivity contribution in [1.29, 1.82) is 0 Å². The molecule has 2 fully saturated rings. The Morgan fingerprint density at radius 3 is 2.66 bits per heavy atom. The first kappa shape index (κ1) is 21.6. The third kappa shape index (κ3) is 3.60. The molecule has 3 aromatic heterocycles. The van der Waals surface area contributed by atoms with Crippen molar-refractivity contribution in [2.75, 3.05) is 44.3 Å². The zero-order valence-electron chi connectivity index (χ0n) is 19.6. The van der Waals surface area contributed by atoms with E-state index in [2.05, 4.69) is 11.8 Å². The van der Waals surface area contributed by atoms with Crippen LogP contribution in [0.25, 0.3) is 28.1 Å². The minimum absolute atomic E-state index is 0.245. The molecular weight excluding hydrogens is 452 g/mol. The molecule has 5 heterocycles. The van der Waals surface area contributed by atoms with Gasteiger partial charge in [0.25, 0.3) is 6.01 Å². The Morgan fingerprint density at radius 1 is 1.14 bits per heavy atom. The average Bonchev–Trinajstić information content (AvgIpc) is 3.38. The summed E-state index contributed by atoms with van der Waals surface area (Å²) in [6, 6.07) is 8.35. The number of para-hydroxylation sites is 2. The fourth-order valence-corrected chi connectivity index (χ4v) is 4.57. The fourth-order valence-electron chi connectivity index (χ4n) is 4.57. The molecule has 1 amide bonds. The Kier molecular flexibility index (Phi) is 5.17. The van der Waals surface area contributed by atoms with Crippen molar-refractivity contribution in [2.45, 2.75) is 19.4 Å². The van der Waals surface area contributed by atoms with Gasteiger partial charge in [-0.3, -0.25) is 9.13 Å². The van der Waals surface area contributed by atoms with Crippen molar-refractivity contribution in [3.8, 4) is 12.0 Å². The minimum atomic E-state index is -0.945. The predicted molar refractivity (Wildman–Crippen MR) is 127 cm³/mol. The second-order valence-electron chi connectivity index (χ2n) is 8.71. The molecule has 0 spiro atoms. The quantitative estimate of drug-likeness (QED) is 0.458. The fraction of sp³-hybridized carbons (Fsp3) is 0.435. The lowest BCUT2D eigenvalue weighted by molar-refractivity contribution is 0.0188. The van der Waals surface area contributed by atoms with Crippen LogP contribution in [0, 0.1) is 0 Å². The molecule has 1 N–H and O–H groups in total. The van der Waals surface area contributed by atoms with Gasteiger partial charge in [-0.25, -0.2) is 9.78 Å². The van der Waals surface area contributed by atoms with Crippen LogP contribution in [0.5, 0.6) is 6.01 Å². The Hall–Kier alpha value is -3.93. The van der Waals surface area contributed by atoms with E-state index in [1.807, 2.05) is 35.9 Å². The summed E-state index contributed by atoms with van der Waals surface area (Å²) in [5.74, 6) is 2.12. The number of fused-ring (bicyclic) bond motifs is 2. The molecule has 12 nitrogen and oxygen atoms in total. The molecule has 2 saturated heterocycles. The highest BCUT2D eigenvalue weighted by molar-refractivity contribution is 5.86. The Morgan fingerprint density at radius 2 is 1.91 bits per heavy atom. The molecule has 2 aliphatic heterocycles. The van der Waals surface area contributed by atoms with Gasteiger partial charge in [0.05, 0.1) is 37.3 Å². The number of rotatable bonds is 5. The van der Waals surface area contributed by atoms with E-state index in [0.29, 0.717) is 62.5 Å². The van der Waals surface area contributed by atoms with Crippen LogP contribution in [0.4, 0.5) is 10.6 Å². The van der Waals surface area contributed by atoms with Crippen LogP contribution < -0.4 is 9.64 Å². The average molecular weight is 479 g/mol. The van der Waals surface area contributed by atoms with E-state index in [4.69, 9.17) is 34.5 Å². The van der Waals surface area contributed by atoms with Gasteiger partial charge in [0, 0.05) is 26.6 Å². The lowest BCUT2D eigenvalue weighted by atomic mass is 10.2. The normalized spacial score (nSPS) is 16.7. The van der Waals surface area contributed by atoms with E-state index in [9.17, 15) is 4.79 Å². The van der Waals surface area contributed by atoms with Gasteiger partial charge in [-0.05, 0) is 12.1 Å². The van der Waals surface area contributed by atoms with E-state index < -0.39 is 6.09 Å². The largest absolute Gasteiger partial charge is 0.465 e. The van der Waals surface area contributed by atoms with Gasteiger partial charge >= 0.3 is 6.09 Å². The molecule has 1 aromatic carbocycles. The van der Waals surface area contributed by atoms with E-state index in [1.54, 1.807) is 4.57 Å². The number of imidazole rings is 2. The number of nitrogens with zero attached hydrogens (tertiary/aromatic N) is 8. The summed E-state index contributed by atoms with van der Waals surface area (Å²) in [7, 11) is 1.85. The van der Waals surface area contributed by atoms with Gasteiger partial charge in [0.2, 0.25) is 5.95 Å². The smallest absolute Gasteiger partial charge is 0.407 e. The molecule has 0 unspecified atom stereocenters. The second kappa shape index (κ2) is 8.38. The zero-order valence-corrected chi connectivity index (χ0v) is 19.6. The summed E-state index contributed by atoms with van der Waals surface area (Å²) in [5, 5.41) is 9.11. The molecule has 2 aliphatic rings. The topological polar surface area (TPSA) is 124 Å². The molecular formula is C23H26N8O4. The monoisotopic (exact) mass is 478 g/mol. The van der Waals surface area contributed by atoms with Gasteiger partial charge in [-0.2, -0.15) is 15.0 Å². The van der Waals surface area contributed by atoms with Gasteiger partial charge < -0.3 is 24.4 Å². The van der Waals surface area contributed by atoms with E-state index in [-0.39, 0.29) is 6.10 Å². The summed E-state index contributed by atoms with van der Waals surface area (Å²) < 4.78 is 15.4. The lowest BCUT2D eigenvalue weighted by Gasteiger charge is -2.36. The highest BCUT2D eigenvalue weighted by Gasteiger charge is 2.34. The maximum absolute atomic E-state index is 11.1. The first-order valence-corrected chi connectivity index (χ1v) is 11.7. The van der Waals surface area contributed by atoms with Crippen molar-refractivity contribution in [3.05, 3.63) is 30.1 Å². The highest BCUT2D eigenvalue weighted by Crippen LogP contribution is 2.31. The Labute approximate surface area is 200 Å². The van der Waals surface area contributed by atoms with Gasteiger partial charge in [0.1, 0.15) is 11.9 Å². The number of carboxylic acid groups (broad SMARTS) is 1. The van der Waals surface area contributed by atoms with Crippen molar-refractivity contribution >= 4 is 34.1 Å². The number of carbonyl (C=O) groups is 1. The standard InChI is InChI=1S/C23H26N8O4/c1-3-17-24-15-6-4-5-7-16(15)31(17)21-26-19-18(20(27-21)29-8-10-34-11-9-29)25-22(28(19)2)35-14-12-30(13-14)23(32)33/h4-7,14H,3,8-13H2,1-2H3,(H,32,33). The predicted octanol–water partition coefficient (Wildman–Crippen LogP) is 1.84. The van der Waals surface area contributed by atoms with Crippen LogP contribution >= 0.6 is 0 Å². The van der Waals surface area contributed by atoms with Gasteiger partial charge in [-0.15, -0.1) is 0 Å². The number of hydrogen-bond donors (Lipinski definition) is 1. The lowest BCUT2D eigenvalue weighted by Crippen LogP contribution is -2.55. The SMILES string of the molecule is CCc1nc2ccccc2n1-c1nc(N2CCOCC2)c2nc(OC3CN(C(=O)O)C3)n(C)c2n1. The maximum Gasteiger partial charge on any atom is 0.407 e. The van der Waals surface area contributed by atoms with E-state index >= 15 is 0 Å². The molecule has 6 rings (SSSR count). The van der Waals surface area contributed by atoms with Crippen LogP contribution in [0.2, 0.25) is 0 Å². The Bertz CT molecular complexity index is 1420. The van der Waals surface area contributed by atoms with Crippen LogP contribution in [-0.4, -0.2) is 90.7 Å². The van der Waals surface area contributed by atoms with E-state index in [0.717, 1.165) is 29.1 Å². The number of amides is 1. The molecule has 0 atom stereocenters. The number of anilines is 1. The summed E-state index contributed by atoms with van der Waals surface area (Å²) in [5.41, 5.74) is 3.12. The summed E-state index contributed by atoms with van der Waals surface area (Å²) in [6.45, 7) is 5.30. The van der Waals surface area contributed by atoms with Crippen LogP contribution in [-0.2, 0) is 18.2 Å². The highest BCUT2D eigenvalue weighted by atomic mass is 16.5. The summed E-state index contributed by atoms with van der Waals surface area (Å²) in [6.07, 6.45) is -0.464. The maximum atomic E-state index is 11.1. The number of ether oxygens (including phenoxy) is 2. The minimum Gasteiger partial charge on any atom is -0.465 e. The molecule has 0 saturated carbocycles. The second-order valence-corrected chi connectivity index (χ2v) is 8.71. The third-order valence-corrected chi connectivity index (χ3v) is 6.50. The molecule has 0 radical (unpaired) electrons. The molecule has 4 aromatic rings. The molecule has 0 bridgehead atoms. The Balaban J connectivity index is 1.48. The molecule has 0 aliphatic carbocycles. The van der Waals surface area contributed by atoms with Crippen molar-refractivity contribution < 1.29 is 19.4 Å². The number of aromatic nitrogens is 6. The van der Waals surface area contributed by atoms with Gasteiger partial charge in [0.15, 0.2) is 17.0 Å². The first-order chi connectivity index (χ1) is 17.0. The van der Waals surface area contributed by atoms with Crippen LogP contribution in [0.1, 0.15) is 12.7 Å². The van der Waals surface area contributed by atoms with Crippen LogP contribution in [0.3, 0.4) is 0 Å². The van der Waals surface area contributed by atoms with Crippen LogP contribution in [0.15, 0.2) is 24.3 Å². The van der Waals surface area contributed by atoms with Gasteiger partial charge in [-0.1, -0.05) is 19.1 Å². The van der Waals surface area contributed by atoms with E-state index in [1.165, 1.54) is 4.90 Å². The first-order valence-electron chi connectivity index (χ1n) is 11.7. The van der Waals surface area contributed by atoms with Crippen molar-refractivity contribution in [2.24, 2.45) is 7.05 Å². The molecule has 182 valence electrons. The number of morpholine rings is 1. The number of hydrogen-bond acceptors (Lipinski definition) is 8. The number of aryl methyl sites for hydroxylation is 2. The number of likely N-dealkylation sites (tertiary alicyclic amines) is 1. The molecule has 35 heavy (non-hydrogen) atoms. The van der Waals surface area contributed by atoms with Crippen molar-refractivity contribution in [3.63, 3.8) is 0 Å². The summed E-state index contributed by atoms with van der Waals surface area (Å²) in [4.78, 5) is 34.0.